The van der Waals surface area contributed by atoms with Gasteiger partial charge in [0.1, 0.15) is 0 Å². The first-order valence-corrected chi connectivity index (χ1v) is 4.64. The molecule has 0 bridgehead atoms. The molecule has 1 N–H and O–H groups in total. The van der Waals surface area contributed by atoms with E-state index in [1.54, 1.807) is 6.08 Å². The molecule has 14 heavy (non-hydrogen) atoms. The Hall–Kier alpha value is -1.32. The monoisotopic (exact) mass is 198 g/mol. The third kappa shape index (κ3) is 2.34. The number of rotatable bonds is 3. The summed E-state index contributed by atoms with van der Waals surface area (Å²) in [6.45, 7) is 0. The van der Waals surface area contributed by atoms with Crippen molar-refractivity contribution >= 4 is 11.9 Å². The van der Waals surface area contributed by atoms with Crippen LogP contribution in [0.1, 0.15) is 19.3 Å². The maximum Gasteiger partial charge on any atom is 0.320 e. The molecule has 0 aromatic rings. The summed E-state index contributed by atoms with van der Waals surface area (Å²) in [5.74, 6) is -3.02. The molecule has 0 aromatic carbocycles. The maximum atomic E-state index is 11.2. The highest BCUT2D eigenvalue weighted by atomic mass is 16.5. The number of esters is 1. The van der Waals surface area contributed by atoms with Crippen molar-refractivity contribution < 1.29 is 19.4 Å². The highest BCUT2D eigenvalue weighted by Crippen LogP contribution is 2.25. The van der Waals surface area contributed by atoms with E-state index >= 15 is 0 Å². The smallest absolute Gasteiger partial charge is 0.320 e. The number of carboxylic acid groups (broad SMARTS) is 1. The van der Waals surface area contributed by atoms with Gasteiger partial charge in [0.05, 0.1) is 7.11 Å². The van der Waals surface area contributed by atoms with Crippen molar-refractivity contribution in [3.8, 4) is 0 Å². The Bertz CT molecular complexity index is 257. The van der Waals surface area contributed by atoms with Crippen LogP contribution in [-0.2, 0) is 14.3 Å². The minimum Gasteiger partial charge on any atom is -0.481 e. The lowest BCUT2D eigenvalue weighted by Gasteiger charge is -2.21. The van der Waals surface area contributed by atoms with Gasteiger partial charge >= 0.3 is 11.9 Å². The summed E-state index contributed by atoms with van der Waals surface area (Å²) >= 11 is 0. The molecule has 0 spiro atoms. The second-order valence-corrected chi connectivity index (χ2v) is 3.36. The van der Waals surface area contributed by atoms with Gasteiger partial charge in [-0.1, -0.05) is 12.2 Å². The quantitative estimate of drug-likeness (QED) is 0.420. The highest BCUT2D eigenvalue weighted by Gasteiger charge is 2.34. The Morgan fingerprint density at radius 1 is 1.57 bits per heavy atom. The fraction of sp³-hybridized carbons (Fsp3) is 0.600. The summed E-state index contributed by atoms with van der Waals surface area (Å²) in [6, 6.07) is 0. The average molecular weight is 198 g/mol. The Balaban J connectivity index is 2.76. The molecule has 0 amide bonds. The minimum atomic E-state index is -1.10. The molecule has 1 aliphatic carbocycles. The third-order valence-corrected chi connectivity index (χ3v) is 2.44. The van der Waals surface area contributed by atoms with Crippen molar-refractivity contribution in [2.24, 2.45) is 11.8 Å². The lowest BCUT2D eigenvalue weighted by Crippen LogP contribution is -2.32. The van der Waals surface area contributed by atoms with E-state index in [1.165, 1.54) is 7.11 Å². The second kappa shape index (κ2) is 4.79. The Kier molecular flexibility index (Phi) is 3.68. The minimum absolute atomic E-state index is 0.214. The van der Waals surface area contributed by atoms with Crippen LogP contribution >= 0.6 is 0 Å². The van der Waals surface area contributed by atoms with Crippen LogP contribution in [0.3, 0.4) is 0 Å². The number of hydrogen-bond acceptors (Lipinski definition) is 3. The van der Waals surface area contributed by atoms with Gasteiger partial charge in [0, 0.05) is 5.92 Å². The molecule has 0 heterocycles. The van der Waals surface area contributed by atoms with Gasteiger partial charge in [0.25, 0.3) is 0 Å². The molecule has 0 aromatic heterocycles. The molecule has 0 saturated heterocycles. The van der Waals surface area contributed by atoms with Crippen LogP contribution in [0.5, 0.6) is 0 Å². The lowest BCUT2D eigenvalue weighted by atomic mass is 9.84. The van der Waals surface area contributed by atoms with E-state index < -0.39 is 17.9 Å². The van der Waals surface area contributed by atoms with E-state index in [4.69, 9.17) is 5.11 Å². The molecular formula is C10H14O4. The third-order valence-electron chi connectivity index (χ3n) is 2.44. The van der Waals surface area contributed by atoms with Gasteiger partial charge < -0.3 is 9.84 Å². The molecule has 0 saturated carbocycles. The molecule has 4 heteroatoms. The predicted molar refractivity (Wildman–Crippen MR) is 49.6 cm³/mol. The SMILES string of the molecule is COC(=O)C(C(=O)O)C1C=CCCC1. The first-order chi connectivity index (χ1) is 6.66. The summed E-state index contributed by atoms with van der Waals surface area (Å²) in [5.41, 5.74) is 0. The zero-order valence-electron chi connectivity index (χ0n) is 8.10. The van der Waals surface area contributed by atoms with Gasteiger partial charge in [0.2, 0.25) is 0 Å². The van der Waals surface area contributed by atoms with Crippen LogP contribution in [0, 0.1) is 11.8 Å². The van der Waals surface area contributed by atoms with E-state index in [9.17, 15) is 9.59 Å². The van der Waals surface area contributed by atoms with Crippen molar-refractivity contribution in [2.75, 3.05) is 7.11 Å². The van der Waals surface area contributed by atoms with Crippen LogP contribution in [0.15, 0.2) is 12.2 Å². The summed E-state index contributed by atoms with van der Waals surface area (Å²) in [4.78, 5) is 22.1. The van der Waals surface area contributed by atoms with Gasteiger partial charge in [-0.25, -0.2) is 0 Å². The molecule has 1 rings (SSSR count). The Morgan fingerprint density at radius 2 is 2.29 bits per heavy atom. The van der Waals surface area contributed by atoms with E-state index in [2.05, 4.69) is 4.74 Å². The van der Waals surface area contributed by atoms with E-state index in [0.29, 0.717) is 0 Å². The second-order valence-electron chi connectivity index (χ2n) is 3.36. The number of allylic oxidation sites excluding steroid dienone is 2. The van der Waals surface area contributed by atoms with E-state index in [-0.39, 0.29) is 5.92 Å². The van der Waals surface area contributed by atoms with Crippen LogP contribution < -0.4 is 0 Å². The van der Waals surface area contributed by atoms with Gasteiger partial charge in [0.15, 0.2) is 5.92 Å². The molecule has 2 unspecified atom stereocenters. The van der Waals surface area contributed by atoms with Gasteiger partial charge in [-0.2, -0.15) is 0 Å². The number of hydrogen-bond donors (Lipinski definition) is 1. The zero-order chi connectivity index (χ0) is 10.6. The van der Waals surface area contributed by atoms with Crippen molar-refractivity contribution in [2.45, 2.75) is 19.3 Å². The molecule has 2 atom stereocenters. The van der Waals surface area contributed by atoms with Crippen molar-refractivity contribution in [3.05, 3.63) is 12.2 Å². The number of carbonyl (C=O) groups excluding carboxylic acids is 1. The van der Waals surface area contributed by atoms with Gasteiger partial charge in [-0.3, -0.25) is 9.59 Å². The van der Waals surface area contributed by atoms with Crippen LogP contribution in [0.25, 0.3) is 0 Å². The number of aliphatic carboxylic acids is 1. The fourth-order valence-electron chi connectivity index (χ4n) is 1.70. The largest absolute Gasteiger partial charge is 0.481 e. The average Bonchev–Trinajstić information content (AvgIpc) is 2.19. The fourth-order valence-corrected chi connectivity index (χ4v) is 1.70. The first-order valence-electron chi connectivity index (χ1n) is 4.64. The molecule has 1 aliphatic rings. The number of ether oxygens (including phenoxy) is 1. The number of carboxylic acids is 1. The summed E-state index contributed by atoms with van der Waals surface area (Å²) < 4.78 is 4.47. The first kappa shape index (κ1) is 10.8. The van der Waals surface area contributed by atoms with Gasteiger partial charge in [-0.05, 0) is 19.3 Å². The molecule has 0 aliphatic heterocycles. The summed E-state index contributed by atoms with van der Waals surface area (Å²) in [7, 11) is 1.21. The molecule has 4 nitrogen and oxygen atoms in total. The maximum absolute atomic E-state index is 11.2. The number of carbonyl (C=O) groups is 2. The Labute approximate surface area is 82.6 Å². The van der Waals surface area contributed by atoms with Gasteiger partial charge in [-0.15, -0.1) is 0 Å². The van der Waals surface area contributed by atoms with E-state index in [0.717, 1.165) is 19.3 Å². The molecular weight excluding hydrogens is 184 g/mol. The standard InChI is InChI=1S/C10H14O4/c1-14-10(13)8(9(11)12)7-5-3-2-4-6-7/h3,5,7-8H,2,4,6H2,1H3,(H,11,12). The molecule has 0 fully saturated rings. The zero-order valence-corrected chi connectivity index (χ0v) is 8.10. The topological polar surface area (TPSA) is 63.6 Å². The van der Waals surface area contributed by atoms with Crippen molar-refractivity contribution in [1.82, 2.24) is 0 Å². The Morgan fingerprint density at radius 3 is 2.71 bits per heavy atom. The lowest BCUT2D eigenvalue weighted by molar-refractivity contribution is -0.158. The van der Waals surface area contributed by atoms with Crippen LogP contribution in [0.2, 0.25) is 0 Å². The molecule has 78 valence electrons. The molecule has 0 radical (unpaired) electrons. The highest BCUT2D eigenvalue weighted by molar-refractivity contribution is 5.94. The summed E-state index contributed by atoms with van der Waals surface area (Å²) in [6.07, 6.45) is 6.36. The van der Waals surface area contributed by atoms with Crippen molar-refractivity contribution in [3.63, 3.8) is 0 Å². The van der Waals surface area contributed by atoms with Crippen molar-refractivity contribution in [1.29, 1.82) is 0 Å². The van der Waals surface area contributed by atoms with Crippen LogP contribution in [-0.4, -0.2) is 24.2 Å². The predicted octanol–water partition coefficient (Wildman–Crippen LogP) is 1.22. The van der Waals surface area contributed by atoms with Crippen LogP contribution in [0.4, 0.5) is 0 Å². The summed E-state index contributed by atoms with van der Waals surface area (Å²) in [5, 5.41) is 8.89. The number of methoxy groups -OCH3 is 1. The normalized spacial score (nSPS) is 22.8. The van der Waals surface area contributed by atoms with E-state index in [1.807, 2.05) is 6.08 Å².